The summed E-state index contributed by atoms with van der Waals surface area (Å²) >= 11 is 0. The number of halogens is 2. The molecule has 0 aromatic carbocycles. The van der Waals surface area contributed by atoms with Gasteiger partial charge in [-0.15, -0.1) is 0 Å². The van der Waals surface area contributed by atoms with Gasteiger partial charge in [0.25, 0.3) is 0 Å². The van der Waals surface area contributed by atoms with E-state index in [1.807, 2.05) is 0 Å². The molecule has 0 N–H and O–H groups in total. The maximum Gasteiger partial charge on any atom is 0.145 e. The van der Waals surface area contributed by atoms with E-state index in [-0.39, 0.29) is 18.7 Å². The first-order chi connectivity index (χ1) is 6.12. The van der Waals surface area contributed by atoms with Crippen molar-refractivity contribution in [1.29, 1.82) is 0 Å². The van der Waals surface area contributed by atoms with Crippen molar-refractivity contribution in [2.24, 2.45) is 0 Å². The third-order valence-electron chi connectivity index (χ3n) is 2.49. The molecule has 1 aliphatic rings. The van der Waals surface area contributed by atoms with Crippen molar-refractivity contribution in [3.05, 3.63) is 36.8 Å². The summed E-state index contributed by atoms with van der Waals surface area (Å²) in [5, 5.41) is 0. The Morgan fingerprint density at radius 1 is 1.54 bits per heavy atom. The second-order valence-electron chi connectivity index (χ2n) is 3.62. The highest BCUT2D eigenvalue weighted by molar-refractivity contribution is 5.25. The minimum Gasteiger partial charge on any atom is -0.258 e. The van der Waals surface area contributed by atoms with Crippen LogP contribution in [0.5, 0.6) is 0 Å². The molecule has 0 unspecified atom stereocenters. The van der Waals surface area contributed by atoms with Crippen LogP contribution < -0.4 is 0 Å². The number of hydrogen-bond acceptors (Lipinski definition) is 1. The number of rotatable bonds is 1. The molecule has 3 heteroatoms. The van der Waals surface area contributed by atoms with Gasteiger partial charge >= 0.3 is 0 Å². The molecular formula is C10H10F2N. The first-order valence-corrected chi connectivity index (χ1v) is 4.22. The summed E-state index contributed by atoms with van der Waals surface area (Å²) in [6.45, 7) is 3.81. The molecule has 0 aliphatic heterocycles. The molecule has 0 spiro atoms. The lowest BCUT2D eigenvalue weighted by molar-refractivity contribution is 0.121. The van der Waals surface area contributed by atoms with Crippen LogP contribution in [-0.4, -0.2) is 11.2 Å². The zero-order valence-electron chi connectivity index (χ0n) is 7.13. The molecule has 69 valence electrons. The predicted octanol–water partition coefficient (Wildman–Crippen LogP) is 2.42. The van der Waals surface area contributed by atoms with E-state index in [1.165, 1.54) is 18.3 Å². The summed E-state index contributed by atoms with van der Waals surface area (Å²) in [7, 11) is 0. The van der Waals surface area contributed by atoms with Gasteiger partial charge in [-0.2, -0.15) is 0 Å². The van der Waals surface area contributed by atoms with E-state index in [2.05, 4.69) is 11.9 Å². The smallest absolute Gasteiger partial charge is 0.145 e. The summed E-state index contributed by atoms with van der Waals surface area (Å²) in [6.07, 6.45) is 1.22. The second kappa shape index (κ2) is 2.76. The number of pyridine rings is 1. The van der Waals surface area contributed by atoms with Crippen molar-refractivity contribution in [3.8, 4) is 0 Å². The maximum atomic E-state index is 13.2. The molecule has 13 heavy (non-hydrogen) atoms. The van der Waals surface area contributed by atoms with E-state index < -0.39 is 11.6 Å². The molecular weight excluding hydrogens is 172 g/mol. The Kier molecular flexibility index (Phi) is 1.82. The first kappa shape index (κ1) is 8.60. The van der Waals surface area contributed by atoms with Gasteiger partial charge in [0.05, 0.1) is 5.69 Å². The maximum absolute atomic E-state index is 13.2. The lowest BCUT2D eigenvalue weighted by atomic mass is 9.66. The van der Waals surface area contributed by atoms with Crippen LogP contribution in [-0.2, 0) is 5.41 Å². The Balaban J connectivity index is 2.31. The average Bonchev–Trinajstić information content (AvgIpc) is 2.02. The minimum absolute atomic E-state index is 0.279. The van der Waals surface area contributed by atoms with Gasteiger partial charge in [-0.3, -0.25) is 4.98 Å². The third-order valence-corrected chi connectivity index (χ3v) is 2.49. The molecule has 1 radical (unpaired) electrons. The Bertz CT molecular complexity index is 318. The van der Waals surface area contributed by atoms with Gasteiger partial charge in [-0.25, -0.2) is 8.78 Å². The molecule has 1 fully saturated rings. The van der Waals surface area contributed by atoms with Gasteiger partial charge < -0.3 is 0 Å². The monoisotopic (exact) mass is 182 g/mol. The van der Waals surface area contributed by atoms with Crippen molar-refractivity contribution in [3.63, 3.8) is 0 Å². The van der Waals surface area contributed by atoms with E-state index in [0.717, 1.165) is 0 Å². The topological polar surface area (TPSA) is 12.9 Å². The van der Waals surface area contributed by atoms with E-state index in [4.69, 9.17) is 0 Å². The molecule has 1 aromatic rings. The zero-order chi connectivity index (χ0) is 9.47. The van der Waals surface area contributed by atoms with Crippen molar-refractivity contribution in [2.75, 3.05) is 0 Å². The molecule has 2 rings (SSSR count). The van der Waals surface area contributed by atoms with E-state index in [9.17, 15) is 8.78 Å². The lowest BCUT2D eigenvalue weighted by Gasteiger charge is -2.40. The molecule has 0 bridgehead atoms. The average molecular weight is 182 g/mol. The fraction of sp³-hybridized carbons (Fsp3) is 0.400. The van der Waals surface area contributed by atoms with Gasteiger partial charge in [0.2, 0.25) is 0 Å². The van der Waals surface area contributed by atoms with Crippen LogP contribution in [0.3, 0.4) is 0 Å². The van der Waals surface area contributed by atoms with Crippen LogP contribution >= 0.6 is 0 Å². The van der Waals surface area contributed by atoms with Crippen molar-refractivity contribution < 1.29 is 8.78 Å². The summed E-state index contributed by atoms with van der Waals surface area (Å²) in [5.74, 6) is -0.385. The number of nitrogens with zero attached hydrogens (tertiary/aromatic N) is 1. The quantitative estimate of drug-likeness (QED) is 0.650. The van der Waals surface area contributed by atoms with Gasteiger partial charge in [-0.1, -0.05) is 0 Å². The molecule has 1 heterocycles. The molecule has 0 atom stereocenters. The van der Waals surface area contributed by atoms with Crippen molar-refractivity contribution in [1.82, 2.24) is 4.98 Å². The number of hydrogen-bond donors (Lipinski definition) is 0. The highest BCUT2D eigenvalue weighted by Gasteiger charge is 2.44. The molecule has 0 saturated heterocycles. The van der Waals surface area contributed by atoms with Gasteiger partial charge in [0.1, 0.15) is 12.0 Å². The van der Waals surface area contributed by atoms with E-state index in [1.54, 1.807) is 0 Å². The lowest BCUT2D eigenvalue weighted by Crippen LogP contribution is -2.41. The molecule has 1 aromatic heterocycles. The highest BCUT2D eigenvalue weighted by Crippen LogP contribution is 2.44. The summed E-state index contributed by atoms with van der Waals surface area (Å²) in [5.41, 5.74) is -0.339. The SMILES string of the molecule is [CH2]C1(c2ncccc2F)CC(F)C1. The Morgan fingerprint density at radius 3 is 2.77 bits per heavy atom. The zero-order valence-corrected chi connectivity index (χ0v) is 7.13. The molecule has 1 saturated carbocycles. The standard InChI is InChI=1S/C10H10F2N/c1-10(5-7(11)6-10)9-8(12)3-2-4-13-9/h2-4,7H,1,5-6H2. The van der Waals surface area contributed by atoms with Crippen molar-refractivity contribution in [2.45, 2.75) is 24.4 Å². The van der Waals surface area contributed by atoms with Crippen LogP contribution in [0.15, 0.2) is 18.3 Å². The highest BCUT2D eigenvalue weighted by atomic mass is 19.1. The fourth-order valence-electron chi connectivity index (χ4n) is 1.76. The Hall–Kier alpha value is -0.990. The number of aromatic nitrogens is 1. The normalized spacial score (nSPS) is 32.7. The van der Waals surface area contributed by atoms with Crippen LogP contribution in [0, 0.1) is 12.7 Å². The molecule has 1 nitrogen and oxygen atoms in total. The minimum atomic E-state index is -0.848. The largest absolute Gasteiger partial charge is 0.258 e. The van der Waals surface area contributed by atoms with Crippen molar-refractivity contribution >= 4 is 0 Å². The second-order valence-corrected chi connectivity index (χ2v) is 3.62. The van der Waals surface area contributed by atoms with Crippen LogP contribution in [0.25, 0.3) is 0 Å². The van der Waals surface area contributed by atoms with Gasteiger partial charge in [0.15, 0.2) is 0 Å². The molecule has 1 aliphatic carbocycles. The third kappa shape index (κ3) is 1.32. The molecule has 0 amide bonds. The van der Waals surface area contributed by atoms with Gasteiger partial charge in [-0.05, 0) is 31.9 Å². The van der Waals surface area contributed by atoms with Crippen LogP contribution in [0.1, 0.15) is 18.5 Å². The van der Waals surface area contributed by atoms with Gasteiger partial charge in [0, 0.05) is 11.6 Å². The van der Waals surface area contributed by atoms with E-state index >= 15 is 0 Å². The predicted molar refractivity (Wildman–Crippen MR) is 45.4 cm³/mol. The Labute approximate surface area is 75.8 Å². The Morgan fingerprint density at radius 2 is 2.23 bits per heavy atom. The summed E-state index contributed by atoms with van der Waals surface area (Å²) in [6, 6.07) is 2.86. The number of alkyl halides is 1. The van der Waals surface area contributed by atoms with Crippen LogP contribution in [0.2, 0.25) is 0 Å². The fourth-order valence-corrected chi connectivity index (χ4v) is 1.76. The summed E-state index contributed by atoms with van der Waals surface area (Å²) in [4.78, 5) is 3.90. The summed E-state index contributed by atoms with van der Waals surface area (Å²) < 4.78 is 25.8. The van der Waals surface area contributed by atoms with E-state index in [0.29, 0.717) is 5.69 Å². The first-order valence-electron chi connectivity index (χ1n) is 4.22. The van der Waals surface area contributed by atoms with Crippen LogP contribution in [0.4, 0.5) is 8.78 Å².